The maximum atomic E-state index is 12.5. The molecule has 2 atom stereocenters. The number of hydrogen-bond donors (Lipinski definition) is 0. The van der Waals surface area contributed by atoms with E-state index in [1.165, 1.54) is 23.3 Å². The highest BCUT2D eigenvalue weighted by atomic mass is 16.6. The van der Waals surface area contributed by atoms with E-state index in [1.54, 1.807) is 24.3 Å². The van der Waals surface area contributed by atoms with Crippen LogP contribution in [0.4, 0.5) is 17.1 Å². The molecule has 0 aliphatic carbocycles. The topological polar surface area (TPSA) is 108 Å². The number of carbonyl (C=O) groups is 4. The number of aryl methyl sites for hydroxylation is 2. The van der Waals surface area contributed by atoms with Crippen LogP contribution in [0.15, 0.2) is 208 Å². The van der Waals surface area contributed by atoms with Crippen molar-refractivity contribution in [1.82, 2.24) is 0 Å². The fraction of sp³-hybridized carbons (Fsp3) is 0.143. The summed E-state index contributed by atoms with van der Waals surface area (Å²) in [6.45, 7) is 22.5. The van der Waals surface area contributed by atoms with Gasteiger partial charge in [0.05, 0.1) is 0 Å². The quantitative estimate of drug-likeness (QED) is 0.0419. The molecule has 7 rings (SSSR count). The number of ether oxygens (including phenoxy) is 4. The van der Waals surface area contributed by atoms with Crippen LogP contribution in [0.1, 0.15) is 73.3 Å². The number of nitrogens with zero attached hydrogens (tertiary/aromatic N) is 1. The molecule has 0 saturated carbocycles. The summed E-state index contributed by atoms with van der Waals surface area (Å²) in [6, 6.07) is 52.5. The smallest absolute Gasteiger partial charge is 0.335 e. The normalized spacial score (nSPS) is 12.0. The van der Waals surface area contributed by atoms with Crippen molar-refractivity contribution < 1.29 is 38.1 Å². The predicted molar refractivity (Wildman–Crippen MR) is 287 cm³/mol. The maximum Gasteiger partial charge on any atom is 0.335 e. The van der Waals surface area contributed by atoms with Gasteiger partial charge in [-0.3, -0.25) is 0 Å². The van der Waals surface area contributed by atoms with Gasteiger partial charge in [-0.2, -0.15) is 0 Å². The number of anilines is 3. The van der Waals surface area contributed by atoms with Crippen LogP contribution in [0.5, 0.6) is 23.0 Å². The first-order valence-corrected chi connectivity index (χ1v) is 23.8. The minimum atomic E-state index is -0.695. The molecule has 7 aromatic carbocycles. The van der Waals surface area contributed by atoms with Crippen molar-refractivity contribution in [2.75, 3.05) is 4.90 Å². The molecule has 0 spiro atoms. The number of benzene rings is 7. The predicted octanol–water partition coefficient (Wildman–Crippen LogP) is 14.7. The molecule has 0 aliphatic rings. The average molecular weight is 956 g/mol. The van der Waals surface area contributed by atoms with Crippen molar-refractivity contribution >= 4 is 40.9 Å². The second-order valence-corrected chi connectivity index (χ2v) is 17.2. The molecule has 362 valence electrons. The fourth-order valence-electron chi connectivity index (χ4n) is 8.77. The van der Waals surface area contributed by atoms with Gasteiger partial charge in [0.1, 0.15) is 23.0 Å². The second kappa shape index (κ2) is 23.7. The zero-order valence-electron chi connectivity index (χ0n) is 41.0. The SMILES string of the molecule is C=CC(=O)Oc1cc(OC(=O)C=C)cc(C(C)C(c2ccc(N(c3ccc(-c4ccc(CC)cc4)cc3)c3ccc(-c4ccc(CC)cc4)cc3)cc2)C(C)c2cc(OC(=O)C=C)cc(OC(=O)C=C)c2)c1. The van der Waals surface area contributed by atoms with E-state index in [0.717, 1.165) is 82.0 Å². The third-order valence-electron chi connectivity index (χ3n) is 12.7. The van der Waals surface area contributed by atoms with Crippen LogP contribution in [0.25, 0.3) is 22.3 Å². The van der Waals surface area contributed by atoms with E-state index in [0.29, 0.717) is 11.1 Å². The van der Waals surface area contributed by atoms with E-state index in [-0.39, 0.29) is 40.8 Å². The van der Waals surface area contributed by atoms with Gasteiger partial charge in [-0.1, -0.05) is 139 Å². The average Bonchev–Trinajstić information content (AvgIpc) is 3.41. The standard InChI is InChI=1S/C63H57NO8/c1-9-43-15-19-45(20-16-43)47-23-29-52(30-24-47)64(53-31-25-48(26-32-53)46-21-17-44(10-2)18-22-46)54-33-27-49(28-34-54)63(41(7)50-35-55(69-59(65)11-3)39-56(36-50)70-60(66)12-4)42(8)51-37-57(71-61(67)13-5)40-58(38-51)72-62(68)14-6/h11-42,63H,3-6,9-10H2,1-2,7-8H3. The molecular formula is C63H57NO8. The van der Waals surface area contributed by atoms with Gasteiger partial charge in [0, 0.05) is 53.5 Å². The summed E-state index contributed by atoms with van der Waals surface area (Å²) in [7, 11) is 0. The lowest BCUT2D eigenvalue weighted by molar-refractivity contribution is -0.130. The van der Waals surface area contributed by atoms with Gasteiger partial charge >= 0.3 is 23.9 Å². The highest BCUT2D eigenvalue weighted by Gasteiger charge is 2.30. The Hall–Kier alpha value is -8.82. The minimum Gasteiger partial charge on any atom is -0.423 e. The van der Waals surface area contributed by atoms with Crippen molar-refractivity contribution in [3.05, 3.63) is 236 Å². The van der Waals surface area contributed by atoms with Gasteiger partial charge < -0.3 is 23.8 Å². The van der Waals surface area contributed by atoms with Crippen LogP contribution in [0, 0.1) is 0 Å². The Kier molecular flexibility index (Phi) is 16.8. The van der Waals surface area contributed by atoms with Crippen LogP contribution in [0.3, 0.4) is 0 Å². The lowest BCUT2D eigenvalue weighted by Gasteiger charge is -2.32. The molecule has 9 nitrogen and oxygen atoms in total. The van der Waals surface area contributed by atoms with Gasteiger partial charge in [-0.05, 0) is 141 Å². The summed E-state index contributed by atoms with van der Waals surface area (Å²) in [5.41, 5.74) is 12.1. The van der Waals surface area contributed by atoms with Crippen molar-refractivity contribution in [2.24, 2.45) is 0 Å². The van der Waals surface area contributed by atoms with Crippen LogP contribution in [-0.4, -0.2) is 23.9 Å². The third-order valence-corrected chi connectivity index (χ3v) is 12.7. The number of esters is 4. The van der Waals surface area contributed by atoms with Crippen molar-refractivity contribution in [2.45, 2.75) is 58.3 Å². The van der Waals surface area contributed by atoms with E-state index in [2.05, 4.69) is 166 Å². The van der Waals surface area contributed by atoms with Crippen LogP contribution < -0.4 is 23.8 Å². The van der Waals surface area contributed by atoms with Gasteiger partial charge in [0.2, 0.25) is 0 Å². The minimum absolute atomic E-state index is 0.137. The Labute approximate surface area is 422 Å². The van der Waals surface area contributed by atoms with E-state index in [9.17, 15) is 19.2 Å². The van der Waals surface area contributed by atoms with Gasteiger partial charge in [0.15, 0.2) is 0 Å². The highest BCUT2D eigenvalue weighted by Crippen LogP contribution is 2.47. The summed E-state index contributed by atoms with van der Waals surface area (Å²) in [5.74, 6) is -3.39. The Balaban J connectivity index is 1.35. The maximum absolute atomic E-state index is 12.5. The van der Waals surface area contributed by atoms with Gasteiger partial charge in [0.25, 0.3) is 0 Å². The molecule has 7 aromatic rings. The van der Waals surface area contributed by atoms with Crippen LogP contribution in [-0.2, 0) is 32.0 Å². The molecule has 0 aliphatic heterocycles. The molecule has 0 aromatic heterocycles. The first kappa shape index (κ1) is 51.0. The molecular weight excluding hydrogens is 899 g/mol. The highest BCUT2D eigenvalue weighted by molar-refractivity contribution is 5.86. The monoisotopic (exact) mass is 955 g/mol. The molecule has 0 N–H and O–H groups in total. The summed E-state index contributed by atoms with van der Waals surface area (Å²) in [5, 5.41) is 0. The molecule has 0 bridgehead atoms. The number of hydrogen-bond acceptors (Lipinski definition) is 9. The molecule has 0 saturated heterocycles. The van der Waals surface area contributed by atoms with Crippen molar-refractivity contribution in [1.29, 1.82) is 0 Å². The number of carbonyl (C=O) groups excluding carboxylic acids is 4. The summed E-state index contributed by atoms with van der Waals surface area (Å²) >= 11 is 0. The summed E-state index contributed by atoms with van der Waals surface area (Å²) < 4.78 is 22.3. The van der Waals surface area contributed by atoms with Crippen LogP contribution >= 0.6 is 0 Å². The van der Waals surface area contributed by atoms with E-state index >= 15 is 0 Å². The summed E-state index contributed by atoms with van der Waals surface area (Å²) in [4.78, 5) is 52.2. The largest absolute Gasteiger partial charge is 0.423 e. The number of rotatable bonds is 20. The summed E-state index contributed by atoms with van der Waals surface area (Å²) in [6.07, 6.45) is 6.12. The van der Waals surface area contributed by atoms with Gasteiger partial charge in [-0.25, -0.2) is 19.2 Å². The van der Waals surface area contributed by atoms with Gasteiger partial charge in [-0.15, -0.1) is 0 Å². The third kappa shape index (κ3) is 12.5. The second-order valence-electron chi connectivity index (χ2n) is 17.2. The zero-order valence-corrected chi connectivity index (χ0v) is 41.0. The fourth-order valence-corrected chi connectivity index (χ4v) is 8.77. The van der Waals surface area contributed by atoms with Crippen molar-refractivity contribution in [3.8, 4) is 45.3 Å². The lowest BCUT2D eigenvalue weighted by Crippen LogP contribution is -2.17. The molecule has 9 heteroatoms. The van der Waals surface area contributed by atoms with E-state index in [4.69, 9.17) is 18.9 Å². The lowest BCUT2D eigenvalue weighted by atomic mass is 9.73. The molecule has 0 radical (unpaired) electrons. The van der Waals surface area contributed by atoms with Crippen molar-refractivity contribution in [3.63, 3.8) is 0 Å². The first-order valence-electron chi connectivity index (χ1n) is 23.8. The Morgan fingerprint density at radius 1 is 0.403 bits per heavy atom. The zero-order chi connectivity index (χ0) is 51.3. The Morgan fingerprint density at radius 3 is 0.931 bits per heavy atom. The molecule has 0 amide bonds. The molecule has 0 heterocycles. The molecule has 72 heavy (non-hydrogen) atoms. The molecule has 0 fully saturated rings. The Morgan fingerprint density at radius 2 is 0.667 bits per heavy atom. The Bertz CT molecular complexity index is 2830. The molecule has 2 unspecified atom stereocenters. The van der Waals surface area contributed by atoms with E-state index in [1.807, 2.05) is 13.8 Å². The first-order chi connectivity index (χ1) is 34.8. The van der Waals surface area contributed by atoms with Crippen LogP contribution in [0.2, 0.25) is 0 Å². The van der Waals surface area contributed by atoms with E-state index < -0.39 is 23.9 Å².